The van der Waals surface area contributed by atoms with E-state index < -0.39 is 0 Å². The molecule has 18 heavy (non-hydrogen) atoms. The highest BCUT2D eigenvalue weighted by atomic mass is 32.2. The van der Waals surface area contributed by atoms with E-state index in [0.717, 1.165) is 22.9 Å². The monoisotopic (exact) mass is 266 g/mol. The molecule has 0 saturated heterocycles. The largest absolute Gasteiger partial charge is 0.380 e. The Kier molecular flexibility index (Phi) is 4.49. The molecular formula is C13H18N2O2S. The van der Waals surface area contributed by atoms with Gasteiger partial charge in [-0.2, -0.15) is 0 Å². The van der Waals surface area contributed by atoms with Crippen molar-refractivity contribution in [2.75, 3.05) is 29.6 Å². The second-order valence-electron chi connectivity index (χ2n) is 4.25. The molecular weight excluding hydrogens is 248 g/mol. The first kappa shape index (κ1) is 13.2. The lowest BCUT2D eigenvalue weighted by Crippen LogP contribution is -2.22. The summed E-state index contributed by atoms with van der Waals surface area (Å²) in [6.07, 6.45) is 0. The quantitative estimate of drug-likeness (QED) is 0.860. The van der Waals surface area contributed by atoms with E-state index in [1.165, 1.54) is 0 Å². The van der Waals surface area contributed by atoms with Crippen LogP contribution in [0.2, 0.25) is 0 Å². The third kappa shape index (κ3) is 3.40. The van der Waals surface area contributed by atoms with Gasteiger partial charge < -0.3 is 15.4 Å². The van der Waals surface area contributed by atoms with Gasteiger partial charge in [-0.05, 0) is 32.0 Å². The van der Waals surface area contributed by atoms with E-state index in [1.807, 2.05) is 25.1 Å². The third-order valence-corrected chi connectivity index (χ3v) is 3.67. The van der Waals surface area contributed by atoms with Gasteiger partial charge in [-0.1, -0.05) is 0 Å². The van der Waals surface area contributed by atoms with Crippen LogP contribution in [0.15, 0.2) is 23.1 Å². The van der Waals surface area contributed by atoms with Gasteiger partial charge in [0.15, 0.2) is 0 Å². The van der Waals surface area contributed by atoms with E-state index in [1.54, 1.807) is 11.8 Å². The number of ether oxygens (including phenoxy) is 1. The maximum absolute atomic E-state index is 11.3. The topological polar surface area (TPSA) is 50.4 Å². The van der Waals surface area contributed by atoms with Crippen molar-refractivity contribution in [1.82, 2.24) is 0 Å². The first-order valence-corrected chi connectivity index (χ1v) is 7.08. The minimum absolute atomic E-state index is 0.0621. The molecule has 1 heterocycles. The van der Waals surface area contributed by atoms with Crippen LogP contribution in [0.25, 0.3) is 0 Å². The summed E-state index contributed by atoms with van der Waals surface area (Å²) in [5.74, 6) is 0.563. The third-order valence-electron chi connectivity index (χ3n) is 2.60. The lowest BCUT2D eigenvalue weighted by molar-refractivity contribution is -0.113. The van der Waals surface area contributed by atoms with Gasteiger partial charge in [-0.15, -0.1) is 11.8 Å². The fraction of sp³-hybridized carbons (Fsp3) is 0.462. The van der Waals surface area contributed by atoms with Crippen LogP contribution in [0.5, 0.6) is 0 Å². The predicted molar refractivity (Wildman–Crippen MR) is 75.4 cm³/mol. The lowest BCUT2D eigenvalue weighted by Gasteiger charge is -2.19. The van der Waals surface area contributed by atoms with Crippen molar-refractivity contribution in [2.45, 2.75) is 24.8 Å². The molecule has 5 heteroatoms. The fourth-order valence-electron chi connectivity index (χ4n) is 1.79. The van der Waals surface area contributed by atoms with Crippen molar-refractivity contribution >= 4 is 29.0 Å². The summed E-state index contributed by atoms with van der Waals surface area (Å²) in [7, 11) is 0. The second-order valence-corrected chi connectivity index (χ2v) is 5.27. The minimum atomic E-state index is 0.0621. The molecule has 98 valence electrons. The first-order chi connectivity index (χ1) is 8.69. The van der Waals surface area contributed by atoms with Crippen LogP contribution in [0.4, 0.5) is 11.4 Å². The molecule has 1 aromatic rings. The SMILES string of the molecule is CCOCC(C)Nc1ccc2c(c1)NC(=O)CS2. The molecule has 0 aliphatic carbocycles. The molecule has 4 nitrogen and oxygen atoms in total. The average molecular weight is 266 g/mol. The fourth-order valence-corrected chi connectivity index (χ4v) is 2.58. The van der Waals surface area contributed by atoms with Gasteiger partial charge in [-0.25, -0.2) is 0 Å². The summed E-state index contributed by atoms with van der Waals surface area (Å²) in [5.41, 5.74) is 1.90. The van der Waals surface area contributed by atoms with Crippen molar-refractivity contribution in [1.29, 1.82) is 0 Å². The maximum atomic E-state index is 11.3. The zero-order chi connectivity index (χ0) is 13.0. The molecule has 0 fully saturated rings. The Labute approximate surface area is 111 Å². The second kappa shape index (κ2) is 6.11. The molecule has 0 radical (unpaired) electrons. The molecule has 1 aromatic carbocycles. The Morgan fingerprint density at radius 2 is 2.39 bits per heavy atom. The van der Waals surface area contributed by atoms with Crippen molar-refractivity contribution in [3.05, 3.63) is 18.2 Å². The zero-order valence-electron chi connectivity index (χ0n) is 10.7. The number of carbonyl (C=O) groups excluding carboxylic acids is 1. The van der Waals surface area contributed by atoms with E-state index in [2.05, 4.69) is 17.6 Å². The van der Waals surface area contributed by atoms with Crippen LogP contribution in [-0.2, 0) is 9.53 Å². The Bertz CT molecular complexity index is 437. The summed E-state index contributed by atoms with van der Waals surface area (Å²) in [6.45, 7) is 5.46. The maximum Gasteiger partial charge on any atom is 0.234 e. The van der Waals surface area contributed by atoms with Gasteiger partial charge in [0.1, 0.15) is 0 Å². The van der Waals surface area contributed by atoms with Gasteiger partial charge in [0.05, 0.1) is 18.0 Å². The number of hydrogen-bond donors (Lipinski definition) is 2. The Hall–Kier alpha value is -1.20. The predicted octanol–water partition coefficient (Wildman–Crippen LogP) is 2.57. The number of amides is 1. The van der Waals surface area contributed by atoms with Crippen molar-refractivity contribution in [3.63, 3.8) is 0 Å². The van der Waals surface area contributed by atoms with Crippen molar-refractivity contribution in [3.8, 4) is 0 Å². The van der Waals surface area contributed by atoms with Gasteiger partial charge in [0.25, 0.3) is 0 Å². The van der Waals surface area contributed by atoms with E-state index in [0.29, 0.717) is 12.4 Å². The smallest absolute Gasteiger partial charge is 0.234 e. The standard InChI is InChI=1S/C13H18N2O2S/c1-3-17-7-9(2)14-10-4-5-12-11(6-10)15-13(16)8-18-12/h4-6,9,14H,3,7-8H2,1-2H3,(H,15,16). The van der Waals surface area contributed by atoms with E-state index >= 15 is 0 Å². The van der Waals surface area contributed by atoms with Crippen LogP contribution in [0, 0.1) is 0 Å². The Morgan fingerprint density at radius 3 is 3.17 bits per heavy atom. The van der Waals surface area contributed by atoms with Crippen molar-refractivity contribution in [2.24, 2.45) is 0 Å². The van der Waals surface area contributed by atoms with Gasteiger partial charge in [-0.3, -0.25) is 4.79 Å². The molecule has 1 aliphatic rings. The molecule has 0 bridgehead atoms. The molecule has 2 N–H and O–H groups in total. The Morgan fingerprint density at radius 1 is 1.56 bits per heavy atom. The van der Waals surface area contributed by atoms with E-state index in [4.69, 9.17) is 4.74 Å². The van der Waals surface area contributed by atoms with E-state index in [-0.39, 0.29) is 11.9 Å². The number of carbonyl (C=O) groups is 1. The van der Waals surface area contributed by atoms with Crippen LogP contribution >= 0.6 is 11.8 Å². The van der Waals surface area contributed by atoms with Crippen LogP contribution in [0.3, 0.4) is 0 Å². The number of anilines is 2. The molecule has 0 saturated carbocycles. The van der Waals surface area contributed by atoms with Crippen LogP contribution < -0.4 is 10.6 Å². The first-order valence-electron chi connectivity index (χ1n) is 6.10. The molecule has 1 aliphatic heterocycles. The molecule has 1 atom stereocenters. The number of fused-ring (bicyclic) bond motifs is 1. The summed E-state index contributed by atoms with van der Waals surface area (Å²) in [5, 5.41) is 6.24. The minimum Gasteiger partial charge on any atom is -0.380 e. The van der Waals surface area contributed by atoms with E-state index in [9.17, 15) is 4.79 Å². The number of thioether (sulfide) groups is 1. The highest BCUT2D eigenvalue weighted by Gasteiger charge is 2.15. The molecule has 2 rings (SSSR count). The zero-order valence-corrected chi connectivity index (χ0v) is 11.5. The summed E-state index contributed by atoms with van der Waals surface area (Å²) >= 11 is 1.57. The molecule has 1 amide bonds. The average Bonchev–Trinajstić information content (AvgIpc) is 2.36. The number of benzene rings is 1. The highest BCUT2D eigenvalue weighted by Crippen LogP contribution is 2.33. The Balaban J connectivity index is 2.02. The van der Waals surface area contributed by atoms with Gasteiger partial charge in [0.2, 0.25) is 5.91 Å². The number of rotatable bonds is 5. The highest BCUT2D eigenvalue weighted by molar-refractivity contribution is 8.00. The summed E-state index contributed by atoms with van der Waals surface area (Å²) in [4.78, 5) is 12.5. The van der Waals surface area contributed by atoms with Gasteiger partial charge in [0, 0.05) is 23.2 Å². The lowest BCUT2D eigenvalue weighted by atomic mass is 10.2. The molecule has 0 spiro atoms. The van der Waals surface area contributed by atoms with Crippen molar-refractivity contribution < 1.29 is 9.53 Å². The van der Waals surface area contributed by atoms with Crippen LogP contribution in [0.1, 0.15) is 13.8 Å². The molecule has 1 unspecified atom stereocenters. The summed E-state index contributed by atoms with van der Waals surface area (Å²) < 4.78 is 5.36. The number of hydrogen-bond acceptors (Lipinski definition) is 4. The van der Waals surface area contributed by atoms with Crippen LogP contribution in [-0.4, -0.2) is 30.9 Å². The normalized spacial score (nSPS) is 15.8. The summed E-state index contributed by atoms with van der Waals surface area (Å²) in [6, 6.07) is 6.29. The number of nitrogens with one attached hydrogen (secondary N) is 2. The van der Waals surface area contributed by atoms with Gasteiger partial charge >= 0.3 is 0 Å². The molecule has 0 aromatic heterocycles.